The van der Waals surface area contributed by atoms with Gasteiger partial charge in [-0.1, -0.05) is 35.5 Å². The molecule has 0 aliphatic carbocycles. The monoisotopic (exact) mass is 251 g/mol. The van der Waals surface area contributed by atoms with Crippen molar-refractivity contribution in [2.75, 3.05) is 0 Å². The number of phenols is 1. The average Bonchev–Trinajstić information content (AvgIpc) is 2.89. The van der Waals surface area contributed by atoms with Gasteiger partial charge in [0.15, 0.2) is 0 Å². The number of aromatic hydroxyl groups is 1. The van der Waals surface area contributed by atoms with Gasteiger partial charge >= 0.3 is 0 Å². The summed E-state index contributed by atoms with van der Waals surface area (Å²) < 4.78 is 0. The molecule has 4 heteroatoms. The van der Waals surface area contributed by atoms with Gasteiger partial charge in [-0.25, -0.2) is 0 Å². The van der Waals surface area contributed by atoms with Crippen LogP contribution >= 0.6 is 0 Å². The standard InChI is InChI=1S/C15H13N3O/c19-13-8-6-12(7-9-13)15-14(16-18-17-15)10-11-4-2-1-3-5-11/h1-9,19H,10H2,(H,16,17,18). The predicted molar refractivity (Wildman–Crippen MR) is 72.7 cm³/mol. The molecule has 0 bridgehead atoms. The van der Waals surface area contributed by atoms with Crippen LogP contribution in [0, 0.1) is 0 Å². The van der Waals surface area contributed by atoms with E-state index in [-0.39, 0.29) is 5.75 Å². The number of aromatic nitrogens is 3. The SMILES string of the molecule is Oc1ccc(-c2[nH]nnc2Cc2ccccc2)cc1. The van der Waals surface area contributed by atoms with Gasteiger partial charge in [0, 0.05) is 12.0 Å². The second-order valence-electron chi connectivity index (χ2n) is 4.34. The van der Waals surface area contributed by atoms with E-state index in [0.29, 0.717) is 0 Å². The number of phenolic OH excluding ortho intramolecular Hbond substituents is 1. The summed E-state index contributed by atoms with van der Waals surface area (Å²) in [5.74, 6) is 0.251. The van der Waals surface area contributed by atoms with Gasteiger partial charge in [0.05, 0.1) is 11.4 Å². The highest BCUT2D eigenvalue weighted by Gasteiger charge is 2.10. The third-order valence-electron chi connectivity index (χ3n) is 2.99. The molecule has 1 heterocycles. The molecule has 3 rings (SSSR count). The third kappa shape index (κ3) is 2.47. The van der Waals surface area contributed by atoms with Crippen molar-refractivity contribution >= 4 is 0 Å². The molecular formula is C15H13N3O. The van der Waals surface area contributed by atoms with Crippen LogP contribution < -0.4 is 0 Å². The lowest BCUT2D eigenvalue weighted by atomic mass is 10.0. The Bertz CT molecular complexity index is 659. The normalized spacial score (nSPS) is 10.5. The van der Waals surface area contributed by atoms with Crippen LogP contribution in [0.15, 0.2) is 54.6 Å². The summed E-state index contributed by atoms with van der Waals surface area (Å²) in [5.41, 5.74) is 3.95. The van der Waals surface area contributed by atoms with Crippen LogP contribution in [0.1, 0.15) is 11.3 Å². The van der Waals surface area contributed by atoms with Crippen molar-refractivity contribution in [3.63, 3.8) is 0 Å². The number of benzene rings is 2. The quantitative estimate of drug-likeness (QED) is 0.752. The molecule has 0 radical (unpaired) electrons. The molecule has 0 amide bonds. The van der Waals surface area contributed by atoms with Crippen molar-refractivity contribution in [1.29, 1.82) is 0 Å². The van der Waals surface area contributed by atoms with Crippen LogP contribution in [0.5, 0.6) is 5.75 Å². The summed E-state index contributed by atoms with van der Waals surface area (Å²) >= 11 is 0. The summed E-state index contributed by atoms with van der Waals surface area (Å²) in [6.45, 7) is 0. The van der Waals surface area contributed by atoms with Gasteiger partial charge in [-0.3, -0.25) is 5.10 Å². The second-order valence-corrected chi connectivity index (χ2v) is 4.34. The summed E-state index contributed by atoms with van der Waals surface area (Å²) in [7, 11) is 0. The Morgan fingerprint density at radius 2 is 1.68 bits per heavy atom. The van der Waals surface area contributed by atoms with E-state index in [1.807, 2.05) is 30.3 Å². The maximum atomic E-state index is 9.32. The first-order valence-corrected chi connectivity index (χ1v) is 6.06. The van der Waals surface area contributed by atoms with Crippen molar-refractivity contribution < 1.29 is 5.11 Å². The van der Waals surface area contributed by atoms with Crippen LogP contribution in [-0.4, -0.2) is 20.5 Å². The molecule has 19 heavy (non-hydrogen) atoms. The van der Waals surface area contributed by atoms with Crippen LogP contribution in [-0.2, 0) is 6.42 Å². The van der Waals surface area contributed by atoms with Gasteiger partial charge in [-0.2, -0.15) is 0 Å². The van der Waals surface area contributed by atoms with E-state index in [0.717, 1.165) is 23.4 Å². The minimum Gasteiger partial charge on any atom is -0.508 e. The summed E-state index contributed by atoms with van der Waals surface area (Å²) in [6.07, 6.45) is 0.730. The fourth-order valence-electron chi connectivity index (χ4n) is 2.02. The van der Waals surface area contributed by atoms with E-state index < -0.39 is 0 Å². The van der Waals surface area contributed by atoms with Crippen LogP contribution in [0.3, 0.4) is 0 Å². The zero-order chi connectivity index (χ0) is 13.1. The first-order chi connectivity index (χ1) is 9.33. The molecule has 0 aliphatic rings. The first kappa shape index (κ1) is 11.5. The molecule has 4 nitrogen and oxygen atoms in total. The highest BCUT2D eigenvalue weighted by atomic mass is 16.3. The zero-order valence-electron chi connectivity index (χ0n) is 10.2. The van der Waals surface area contributed by atoms with E-state index in [1.165, 1.54) is 5.56 Å². The Balaban J connectivity index is 1.92. The summed E-state index contributed by atoms with van der Waals surface area (Å²) in [5, 5.41) is 20.3. The number of nitrogens with zero attached hydrogens (tertiary/aromatic N) is 2. The fraction of sp³-hybridized carbons (Fsp3) is 0.0667. The summed E-state index contributed by atoms with van der Waals surface area (Å²) in [6, 6.07) is 17.1. The molecule has 94 valence electrons. The predicted octanol–water partition coefficient (Wildman–Crippen LogP) is 2.77. The Hall–Kier alpha value is -2.62. The molecule has 1 aromatic heterocycles. The maximum Gasteiger partial charge on any atom is 0.115 e. The van der Waals surface area contributed by atoms with Gasteiger partial charge in [-0.15, -0.1) is 5.10 Å². The molecule has 0 fully saturated rings. The smallest absolute Gasteiger partial charge is 0.115 e. The topological polar surface area (TPSA) is 61.8 Å². The minimum absolute atomic E-state index is 0.251. The van der Waals surface area contributed by atoms with Gasteiger partial charge in [0.25, 0.3) is 0 Å². The number of hydrogen-bond donors (Lipinski definition) is 2. The molecule has 0 spiro atoms. The Morgan fingerprint density at radius 1 is 0.947 bits per heavy atom. The van der Waals surface area contributed by atoms with Gasteiger partial charge in [0.2, 0.25) is 0 Å². The summed E-state index contributed by atoms with van der Waals surface area (Å²) in [4.78, 5) is 0. The molecule has 0 saturated carbocycles. The zero-order valence-corrected chi connectivity index (χ0v) is 10.2. The Labute approximate surface area is 110 Å². The van der Waals surface area contributed by atoms with E-state index >= 15 is 0 Å². The first-order valence-electron chi connectivity index (χ1n) is 6.06. The third-order valence-corrected chi connectivity index (χ3v) is 2.99. The van der Waals surface area contributed by atoms with E-state index in [1.54, 1.807) is 12.1 Å². The molecule has 0 atom stereocenters. The van der Waals surface area contributed by atoms with Crippen molar-refractivity contribution in [2.45, 2.75) is 6.42 Å². The van der Waals surface area contributed by atoms with Gasteiger partial charge in [0.1, 0.15) is 5.75 Å². The lowest BCUT2D eigenvalue weighted by molar-refractivity contribution is 0.475. The van der Waals surface area contributed by atoms with Crippen molar-refractivity contribution in [1.82, 2.24) is 15.4 Å². The molecular weight excluding hydrogens is 238 g/mol. The largest absolute Gasteiger partial charge is 0.508 e. The van der Waals surface area contributed by atoms with Crippen LogP contribution in [0.4, 0.5) is 0 Å². The molecule has 0 aliphatic heterocycles. The number of aromatic amines is 1. The molecule has 2 N–H and O–H groups in total. The number of nitrogens with one attached hydrogen (secondary N) is 1. The number of rotatable bonds is 3. The molecule has 0 unspecified atom stereocenters. The van der Waals surface area contributed by atoms with Crippen molar-refractivity contribution in [3.05, 3.63) is 65.9 Å². The second kappa shape index (κ2) is 4.94. The Kier molecular flexibility index (Phi) is 2.98. The van der Waals surface area contributed by atoms with Gasteiger partial charge in [-0.05, 0) is 29.8 Å². The van der Waals surface area contributed by atoms with E-state index in [9.17, 15) is 5.11 Å². The highest BCUT2D eigenvalue weighted by molar-refractivity contribution is 5.62. The van der Waals surface area contributed by atoms with Crippen LogP contribution in [0.2, 0.25) is 0 Å². The van der Waals surface area contributed by atoms with E-state index in [2.05, 4.69) is 27.5 Å². The molecule has 3 aromatic rings. The lowest BCUT2D eigenvalue weighted by Crippen LogP contribution is -1.91. The maximum absolute atomic E-state index is 9.32. The van der Waals surface area contributed by atoms with Crippen LogP contribution in [0.25, 0.3) is 11.3 Å². The highest BCUT2D eigenvalue weighted by Crippen LogP contribution is 2.23. The average molecular weight is 251 g/mol. The lowest BCUT2D eigenvalue weighted by Gasteiger charge is -2.02. The number of hydrogen-bond acceptors (Lipinski definition) is 3. The fourth-order valence-corrected chi connectivity index (χ4v) is 2.02. The minimum atomic E-state index is 0.251. The molecule has 0 saturated heterocycles. The Morgan fingerprint density at radius 3 is 2.42 bits per heavy atom. The number of H-pyrrole nitrogens is 1. The van der Waals surface area contributed by atoms with Crippen molar-refractivity contribution in [3.8, 4) is 17.0 Å². The van der Waals surface area contributed by atoms with E-state index in [4.69, 9.17) is 0 Å². The van der Waals surface area contributed by atoms with Crippen molar-refractivity contribution in [2.24, 2.45) is 0 Å². The molecule has 2 aromatic carbocycles. The van der Waals surface area contributed by atoms with Gasteiger partial charge < -0.3 is 5.11 Å².